The predicted molar refractivity (Wildman–Crippen MR) is 82.9 cm³/mol. The summed E-state index contributed by atoms with van der Waals surface area (Å²) < 4.78 is 6.02. The Bertz CT molecular complexity index is 586. The zero-order valence-corrected chi connectivity index (χ0v) is 13.4. The van der Waals surface area contributed by atoms with Crippen molar-refractivity contribution in [2.45, 2.75) is 24.8 Å². The van der Waals surface area contributed by atoms with Crippen LogP contribution in [-0.2, 0) is 22.4 Å². The number of nitrogens with zero attached hydrogens (tertiary/aromatic N) is 3. The Morgan fingerprint density at radius 2 is 2.38 bits per heavy atom. The Morgan fingerprint density at radius 3 is 3.10 bits per heavy atom. The van der Waals surface area contributed by atoms with Gasteiger partial charge in [0.15, 0.2) is 0 Å². The van der Waals surface area contributed by atoms with Crippen molar-refractivity contribution in [3.05, 3.63) is 44.2 Å². The maximum Gasteiger partial charge on any atom is 0.326 e. The molecule has 1 N–H and O–H groups in total. The van der Waals surface area contributed by atoms with Gasteiger partial charge in [0.05, 0.1) is 7.11 Å². The fourth-order valence-corrected chi connectivity index (χ4v) is 3.15. The van der Waals surface area contributed by atoms with Crippen LogP contribution in [-0.4, -0.2) is 31.7 Å². The van der Waals surface area contributed by atoms with Crippen molar-refractivity contribution in [2.75, 3.05) is 20.2 Å². The molecular formula is C14H17BrN4O2. The summed E-state index contributed by atoms with van der Waals surface area (Å²) in [4.78, 5) is 14.9. The molecule has 2 rings (SSSR count). The standard InChI is InChI=1S/C14H17BrN4O2/c1-21-13(20)14(17-6-7-18-19-16)5-4-10-8-12(15)3-2-11(10)9-14/h2-3,8,17H,4-7,9H2,1H3. The van der Waals surface area contributed by atoms with Gasteiger partial charge in [-0.2, -0.15) is 0 Å². The number of ether oxygens (including phenoxy) is 1. The van der Waals surface area contributed by atoms with Gasteiger partial charge in [0.25, 0.3) is 0 Å². The normalized spacial score (nSPS) is 20.3. The van der Waals surface area contributed by atoms with Crippen molar-refractivity contribution in [2.24, 2.45) is 5.11 Å². The van der Waals surface area contributed by atoms with E-state index in [1.807, 2.05) is 12.1 Å². The maximum atomic E-state index is 12.2. The summed E-state index contributed by atoms with van der Waals surface area (Å²) in [6.07, 6.45) is 2.05. The third-order valence-electron chi connectivity index (χ3n) is 3.80. The molecule has 1 aliphatic rings. The number of methoxy groups -OCH3 is 1. The van der Waals surface area contributed by atoms with Crippen LogP contribution in [0.2, 0.25) is 0 Å². The van der Waals surface area contributed by atoms with Gasteiger partial charge < -0.3 is 10.1 Å². The van der Waals surface area contributed by atoms with Crippen LogP contribution < -0.4 is 5.32 Å². The number of carbonyl (C=O) groups excluding carboxylic acids is 1. The maximum absolute atomic E-state index is 12.2. The van der Waals surface area contributed by atoms with Gasteiger partial charge in [0.2, 0.25) is 0 Å². The van der Waals surface area contributed by atoms with Crippen LogP contribution >= 0.6 is 15.9 Å². The number of azide groups is 1. The van der Waals surface area contributed by atoms with Crippen LogP contribution in [0, 0.1) is 0 Å². The highest BCUT2D eigenvalue weighted by molar-refractivity contribution is 9.10. The number of esters is 1. The largest absolute Gasteiger partial charge is 0.468 e. The Morgan fingerprint density at radius 1 is 1.57 bits per heavy atom. The summed E-state index contributed by atoms with van der Waals surface area (Å²) in [5.41, 5.74) is 9.97. The molecule has 1 aliphatic carbocycles. The molecule has 1 aromatic rings. The Balaban J connectivity index is 2.20. The molecule has 0 fully saturated rings. The average Bonchev–Trinajstić information content (AvgIpc) is 2.51. The summed E-state index contributed by atoms with van der Waals surface area (Å²) >= 11 is 3.47. The van der Waals surface area contributed by atoms with E-state index in [9.17, 15) is 4.79 Å². The van der Waals surface area contributed by atoms with Crippen molar-refractivity contribution < 1.29 is 9.53 Å². The zero-order chi connectivity index (χ0) is 15.3. The quantitative estimate of drug-likeness (QED) is 0.290. The number of rotatable bonds is 5. The number of carbonyl (C=O) groups is 1. The Labute approximate surface area is 131 Å². The van der Waals surface area contributed by atoms with Gasteiger partial charge in [-0.05, 0) is 41.6 Å². The lowest BCUT2D eigenvalue weighted by Crippen LogP contribution is -2.56. The number of fused-ring (bicyclic) bond motifs is 1. The molecule has 0 radical (unpaired) electrons. The molecule has 1 aromatic carbocycles. The van der Waals surface area contributed by atoms with E-state index in [1.54, 1.807) is 0 Å². The molecule has 1 atom stereocenters. The van der Waals surface area contributed by atoms with Crippen LogP contribution in [0.1, 0.15) is 17.5 Å². The molecule has 1 unspecified atom stereocenters. The van der Waals surface area contributed by atoms with Gasteiger partial charge in [-0.1, -0.05) is 27.1 Å². The minimum atomic E-state index is -0.736. The fourth-order valence-electron chi connectivity index (χ4n) is 2.74. The van der Waals surface area contributed by atoms with Crippen molar-refractivity contribution in [3.63, 3.8) is 0 Å². The second kappa shape index (κ2) is 6.93. The third-order valence-corrected chi connectivity index (χ3v) is 4.29. The van der Waals surface area contributed by atoms with Gasteiger partial charge in [-0.3, -0.25) is 4.79 Å². The fraction of sp³-hybridized carbons (Fsp3) is 0.500. The van der Waals surface area contributed by atoms with Crippen LogP contribution in [0.4, 0.5) is 0 Å². The third kappa shape index (κ3) is 3.56. The summed E-state index contributed by atoms with van der Waals surface area (Å²) in [5.74, 6) is -0.267. The number of halogens is 1. The number of nitrogens with one attached hydrogen (secondary N) is 1. The van der Waals surface area contributed by atoms with Gasteiger partial charge >= 0.3 is 5.97 Å². The van der Waals surface area contributed by atoms with Crippen LogP contribution in [0.25, 0.3) is 10.4 Å². The van der Waals surface area contributed by atoms with Crippen molar-refractivity contribution in [3.8, 4) is 0 Å². The van der Waals surface area contributed by atoms with Gasteiger partial charge in [0.1, 0.15) is 5.54 Å². The summed E-state index contributed by atoms with van der Waals surface area (Å²) in [7, 11) is 1.40. The van der Waals surface area contributed by atoms with E-state index in [4.69, 9.17) is 10.3 Å². The Kier molecular flexibility index (Phi) is 5.22. The van der Waals surface area contributed by atoms with E-state index >= 15 is 0 Å². The lowest BCUT2D eigenvalue weighted by Gasteiger charge is -2.36. The second-order valence-electron chi connectivity index (χ2n) is 5.04. The van der Waals surface area contributed by atoms with Gasteiger partial charge in [0, 0.05) is 28.9 Å². The van der Waals surface area contributed by atoms with E-state index in [0.29, 0.717) is 25.9 Å². The lowest BCUT2D eigenvalue weighted by atomic mass is 9.78. The molecule has 0 amide bonds. The first kappa shape index (κ1) is 15.8. The number of hydrogen-bond donors (Lipinski definition) is 1. The summed E-state index contributed by atoms with van der Waals surface area (Å²) in [6, 6.07) is 6.11. The average molecular weight is 353 g/mol. The van der Waals surface area contributed by atoms with Crippen LogP contribution in [0.5, 0.6) is 0 Å². The van der Waals surface area contributed by atoms with E-state index < -0.39 is 5.54 Å². The molecule has 0 saturated heterocycles. The zero-order valence-electron chi connectivity index (χ0n) is 11.8. The lowest BCUT2D eigenvalue weighted by molar-refractivity contribution is -0.149. The van der Waals surface area contributed by atoms with Crippen molar-refractivity contribution in [1.82, 2.24) is 5.32 Å². The molecule has 0 aromatic heterocycles. The molecule has 112 valence electrons. The number of aryl methyl sites for hydroxylation is 1. The SMILES string of the molecule is COC(=O)C1(NCCN=[N+]=[N-])CCc2cc(Br)ccc2C1. The first-order valence-corrected chi connectivity index (χ1v) is 7.52. The molecule has 0 bridgehead atoms. The predicted octanol–water partition coefficient (Wildman–Crippen LogP) is 2.75. The van der Waals surface area contributed by atoms with Gasteiger partial charge in [-0.15, -0.1) is 0 Å². The monoisotopic (exact) mass is 352 g/mol. The first-order chi connectivity index (χ1) is 10.1. The highest BCUT2D eigenvalue weighted by Gasteiger charge is 2.41. The summed E-state index contributed by atoms with van der Waals surface area (Å²) in [5, 5.41) is 6.71. The van der Waals surface area contributed by atoms with E-state index in [2.05, 4.69) is 37.3 Å². The highest BCUT2D eigenvalue weighted by atomic mass is 79.9. The summed E-state index contributed by atoms with van der Waals surface area (Å²) in [6.45, 7) is 0.757. The van der Waals surface area contributed by atoms with Crippen LogP contribution in [0.3, 0.4) is 0 Å². The first-order valence-electron chi connectivity index (χ1n) is 6.73. The van der Waals surface area contributed by atoms with E-state index in [1.165, 1.54) is 12.7 Å². The molecule has 0 spiro atoms. The van der Waals surface area contributed by atoms with E-state index in [0.717, 1.165) is 16.5 Å². The second-order valence-corrected chi connectivity index (χ2v) is 5.96. The molecule has 7 heteroatoms. The smallest absolute Gasteiger partial charge is 0.326 e. The van der Waals surface area contributed by atoms with Gasteiger partial charge in [-0.25, -0.2) is 0 Å². The highest BCUT2D eigenvalue weighted by Crippen LogP contribution is 2.31. The molecule has 0 saturated carbocycles. The molecule has 0 aliphatic heterocycles. The minimum absolute atomic E-state index is 0.267. The van der Waals surface area contributed by atoms with E-state index in [-0.39, 0.29) is 5.97 Å². The van der Waals surface area contributed by atoms with Crippen LogP contribution in [0.15, 0.2) is 27.8 Å². The number of hydrogen-bond acceptors (Lipinski definition) is 4. The topological polar surface area (TPSA) is 87.1 Å². The Hall–Kier alpha value is -1.56. The minimum Gasteiger partial charge on any atom is -0.468 e. The number of benzene rings is 1. The molecule has 0 heterocycles. The molecular weight excluding hydrogens is 336 g/mol. The van der Waals surface area contributed by atoms with Crippen molar-refractivity contribution in [1.29, 1.82) is 0 Å². The van der Waals surface area contributed by atoms with Crippen molar-refractivity contribution >= 4 is 21.9 Å². The molecule has 6 nitrogen and oxygen atoms in total. The molecule has 21 heavy (non-hydrogen) atoms.